The van der Waals surface area contributed by atoms with Gasteiger partial charge >= 0.3 is 0 Å². The fourth-order valence-corrected chi connectivity index (χ4v) is 3.81. The molecule has 168 valence electrons. The van der Waals surface area contributed by atoms with Crippen LogP contribution in [-0.2, 0) is 20.5 Å². The highest BCUT2D eigenvalue weighted by atomic mass is 35.5. The number of hydrogen-bond acceptors (Lipinski definition) is 4. The highest BCUT2D eigenvalue weighted by Crippen LogP contribution is 2.28. The molecule has 0 saturated heterocycles. The van der Waals surface area contributed by atoms with Crippen LogP contribution in [-0.4, -0.2) is 19.1 Å². The number of halogens is 1. The summed E-state index contributed by atoms with van der Waals surface area (Å²) in [5.74, 6) is 0. The first-order chi connectivity index (χ1) is 16.4. The topological polar surface area (TPSA) is 76.5 Å². The Morgan fingerprint density at radius 2 is 1.76 bits per heavy atom. The molecule has 0 atom stereocenters. The molecule has 0 unspecified atom stereocenters. The van der Waals surface area contributed by atoms with Gasteiger partial charge in [0.15, 0.2) is 0 Å². The van der Waals surface area contributed by atoms with E-state index in [1.807, 2.05) is 66.3 Å². The fraction of sp³-hybridized carbons (Fsp3) is 0.111. The second kappa shape index (κ2) is 10.2. The molecule has 3 heterocycles. The molecule has 2 aromatic carbocycles. The van der Waals surface area contributed by atoms with Gasteiger partial charge < -0.3 is 9.13 Å². The first-order valence-corrected chi connectivity index (χ1v) is 11.0. The minimum Gasteiger partial charge on any atom is -0.341 e. The lowest BCUT2D eigenvalue weighted by molar-refractivity contribution is 0.906. The lowest BCUT2D eigenvalue weighted by atomic mass is 9.99. The van der Waals surface area contributed by atoms with Crippen LogP contribution < -0.4 is 5.56 Å². The average Bonchev–Trinajstić information content (AvgIpc) is 3.33. The number of aromatic nitrogens is 4. The molecule has 0 aliphatic heterocycles. The third-order valence-electron chi connectivity index (χ3n) is 5.43. The van der Waals surface area contributed by atoms with E-state index in [2.05, 4.69) is 22.1 Å². The molecule has 6 nitrogen and oxygen atoms in total. The molecule has 5 rings (SSSR count). The Labute approximate surface area is 202 Å². The fourth-order valence-electron chi connectivity index (χ4n) is 3.65. The van der Waals surface area contributed by atoms with Crippen molar-refractivity contribution in [2.45, 2.75) is 6.42 Å². The summed E-state index contributed by atoms with van der Waals surface area (Å²) >= 11 is 6.06. The van der Waals surface area contributed by atoms with Gasteiger partial charge in [0.1, 0.15) is 5.15 Å². The van der Waals surface area contributed by atoms with Gasteiger partial charge in [0.25, 0.3) is 5.56 Å². The molecule has 0 fully saturated rings. The first-order valence-electron chi connectivity index (χ1n) is 10.6. The number of aryl methyl sites for hydroxylation is 2. The highest BCUT2D eigenvalue weighted by Gasteiger charge is 2.11. The zero-order valence-electron chi connectivity index (χ0n) is 18.8. The third kappa shape index (κ3) is 5.22. The molecule has 0 saturated carbocycles. The zero-order valence-corrected chi connectivity index (χ0v) is 19.6. The van der Waals surface area contributed by atoms with E-state index in [1.54, 1.807) is 36.3 Å². The first kappa shape index (κ1) is 23.0. The smallest absolute Gasteiger partial charge is 0.251 e. The Morgan fingerprint density at radius 3 is 2.38 bits per heavy atom. The maximum absolute atomic E-state index is 12.4. The molecular weight excluding hydrogens is 446 g/mol. The normalized spacial score (nSPS) is 10.4. The molecule has 3 aromatic heterocycles. The lowest BCUT2D eigenvalue weighted by Gasteiger charge is -2.12. The summed E-state index contributed by atoms with van der Waals surface area (Å²) in [5, 5.41) is 10.3. The number of imidazole rings is 1. The summed E-state index contributed by atoms with van der Waals surface area (Å²) in [5.41, 5.74) is 5.06. The van der Waals surface area contributed by atoms with Crippen LogP contribution in [0.1, 0.15) is 16.7 Å². The van der Waals surface area contributed by atoms with Crippen molar-refractivity contribution < 1.29 is 0 Å². The van der Waals surface area contributed by atoms with Crippen molar-refractivity contribution >= 4 is 22.5 Å². The molecule has 0 aliphatic rings. The molecule has 0 radical (unpaired) electrons. The zero-order chi connectivity index (χ0) is 24.1. The Kier molecular flexibility index (Phi) is 6.86. The van der Waals surface area contributed by atoms with E-state index in [-0.39, 0.29) is 5.56 Å². The average molecular weight is 468 g/mol. The third-order valence-corrected chi connectivity index (χ3v) is 5.64. The van der Waals surface area contributed by atoms with Gasteiger partial charge in [0, 0.05) is 43.5 Å². The molecular formula is C27H22ClN5O. The van der Waals surface area contributed by atoms with E-state index in [0.717, 1.165) is 34.0 Å². The summed E-state index contributed by atoms with van der Waals surface area (Å²) in [6.45, 7) is 0. The van der Waals surface area contributed by atoms with Crippen LogP contribution in [0, 0.1) is 11.3 Å². The maximum atomic E-state index is 12.4. The molecule has 0 N–H and O–H groups in total. The van der Waals surface area contributed by atoms with Crippen LogP contribution in [0.2, 0.25) is 5.15 Å². The Balaban J connectivity index is 0.000000398. The monoisotopic (exact) mass is 467 g/mol. The summed E-state index contributed by atoms with van der Waals surface area (Å²) in [7, 11) is 3.70. The standard InChI is InChI=1S/C23H16ClN3O.C4H6N2/c1-27-21-10-9-17(11-15-5-7-16(14-25)8-6-15)12-19(21)18(13-23(27)28)20-3-2-4-22(24)26-20;1-6-3-2-5-4-6/h2-10,12-13H,11H2,1H3;2-4H,1H3. The number of nitriles is 1. The lowest BCUT2D eigenvalue weighted by Crippen LogP contribution is -2.16. The van der Waals surface area contributed by atoms with E-state index in [4.69, 9.17) is 16.9 Å². The molecule has 34 heavy (non-hydrogen) atoms. The number of benzene rings is 2. The van der Waals surface area contributed by atoms with Crippen LogP contribution in [0.25, 0.3) is 22.2 Å². The van der Waals surface area contributed by atoms with Crippen molar-refractivity contribution in [1.82, 2.24) is 19.1 Å². The highest BCUT2D eigenvalue weighted by molar-refractivity contribution is 6.29. The molecule has 5 aromatic rings. The molecule has 0 amide bonds. The predicted octanol–water partition coefficient (Wildman–Crippen LogP) is 5.14. The van der Waals surface area contributed by atoms with Gasteiger partial charge in [-0.2, -0.15) is 5.26 Å². The number of nitrogens with zero attached hydrogens (tertiary/aromatic N) is 5. The van der Waals surface area contributed by atoms with Gasteiger partial charge in [-0.15, -0.1) is 0 Å². The molecule has 0 spiro atoms. The number of rotatable bonds is 3. The quantitative estimate of drug-likeness (QED) is 0.344. The van der Waals surface area contributed by atoms with Crippen molar-refractivity contribution in [3.63, 3.8) is 0 Å². The minimum absolute atomic E-state index is 0.0934. The van der Waals surface area contributed by atoms with Gasteiger partial charge in [-0.05, 0) is 53.9 Å². The maximum Gasteiger partial charge on any atom is 0.251 e. The SMILES string of the molecule is Cn1c(=O)cc(-c2cccc(Cl)n2)c2cc(Cc3ccc(C#N)cc3)ccc21.Cn1ccnc1. The van der Waals surface area contributed by atoms with Crippen molar-refractivity contribution in [2.75, 3.05) is 0 Å². The van der Waals surface area contributed by atoms with Crippen molar-refractivity contribution in [1.29, 1.82) is 5.26 Å². The summed E-state index contributed by atoms with van der Waals surface area (Å²) in [6.07, 6.45) is 6.12. The van der Waals surface area contributed by atoms with Gasteiger partial charge in [-0.25, -0.2) is 9.97 Å². The van der Waals surface area contributed by atoms with E-state index < -0.39 is 0 Å². The van der Waals surface area contributed by atoms with E-state index in [0.29, 0.717) is 16.4 Å². The number of pyridine rings is 2. The van der Waals surface area contributed by atoms with Crippen molar-refractivity contribution in [2.24, 2.45) is 14.1 Å². The Hall–Kier alpha value is -4.21. The molecule has 0 aliphatic carbocycles. The minimum atomic E-state index is -0.0934. The number of fused-ring (bicyclic) bond motifs is 1. The van der Waals surface area contributed by atoms with Crippen LogP contribution in [0.4, 0.5) is 0 Å². The van der Waals surface area contributed by atoms with Gasteiger partial charge in [-0.3, -0.25) is 4.79 Å². The van der Waals surface area contributed by atoms with Crippen LogP contribution in [0.5, 0.6) is 0 Å². The second-order valence-corrected chi connectivity index (χ2v) is 8.25. The molecule has 0 bridgehead atoms. The van der Waals surface area contributed by atoms with E-state index in [1.165, 1.54) is 0 Å². The Bertz CT molecular complexity index is 1530. The van der Waals surface area contributed by atoms with Crippen molar-refractivity contribution in [3.05, 3.63) is 118 Å². The van der Waals surface area contributed by atoms with Crippen molar-refractivity contribution in [3.8, 4) is 17.3 Å². The molecule has 7 heteroatoms. The van der Waals surface area contributed by atoms with Crippen LogP contribution in [0.3, 0.4) is 0 Å². The summed E-state index contributed by atoms with van der Waals surface area (Å²) < 4.78 is 3.52. The Morgan fingerprint density at radius 1 is 1.00 bits per heavy atom. The largest absolute Gasteiger partial charge is 0.341 e. The summed E-state index contributed by atoms with van der Waals surface area (Å²) in [4.78, 5) is 20.6. The van der Waals surface area contributed by atoms with Crippen LogP contribution in [0.15, 0.2) is 90.2 Å². The van der Waals surface area contributed by atoms with Gasteiger partial charge in [0.05, 0.1) is 29.2 Å². The van der Waals surface area contributed by atoms with E-state index in [9.17, 15) is 4.79 Å². The van der Waals surface area contributed by atoms with Crippen LogP contribution >= 0.6 is 11.6 Å². The predicted molar refractivity (Wildman–Crippen MR) is 135 cm³/mol. The van der Waals surface area contributed by atoms with E-state index >= 15 is 0 Å². The van der Waals surface area contributed by atoms with Gasteiger partial charge in [0.2, 0.25) is 0 Å². The summed E-state index contributed by atoms with van der Waals surface area (Å²) in [6, 6.07) is 22.8. The second-order valence-electron chi connectivity index (χ2n) is 7.87. The van der Waals surface area contributed by atoms with Gasteiger partial charge in [-0.1, -0.05) is 35.9 Å². The number of hydrogen-bond donors (Lipinski definition) is 0.